The molecule has 1 fully saturated rings. The molecule has 0 amide bonds. The van der Waals surface area contributed by atoms with E-state index in [1.54, 1.807) is 14.2 Å². The summed E-state index contributed by atoms with van der Waals surface area (Å²) < 4.78 is 34.4. The van der Waals surface area contributed by atoms with Gasteiger partial charge in [-0.15, -0.1) is 0 Å². The normalized spacial score (nSPS) is 25.4. The quantitative estimate of drug-likeness (QED) is 0.763. The lowest BCUT2D eigenvalue weighted by Crippen LogP contribution is -2.52. The van der Waals surface area contributed by atoms with Gasteiger partial charge in [-0.3, -0.25) is 4.90 Å². The Morgan fingerprint density at radius 1 is 0.900 bits per heavy atom. The lowest BCUT2D eigenvalue weighted by molar-refractivity contribution is -0.0784. The van der Waals surface area contributed by atoms with E-state index in [9.17, 15) is 0 Å². The summed E-state index contributed by atoms with van der Waals surface area (Å²) in [6.07, 6.45) is -0.0557. The van der Waals surface area contributed by atoms with Crippen LogP contribution in [-0.2, 0) is 4.74 Å². The number of ether oxygens (including phenoxy) is 6. The van der Waals surface area contributed by atoms with Crippen molar-refractivity contribution in [2.75, 3.05) is 47.3 Å². The van der Waals surface area contributed by atoms with Gasteiger partial charge < -0.3 is 28.4 Å². The standard InChI is InChI=1S/C23H27NO6/c1-14-22(15-4-5-17(25-2)19(10-15)26-3)16-11-20-21(29-13-28-20)12-18(16)30-23(14)24-6-8-27-9-7-24/h4-5,10-12,14,22-23H,6-9,13H2,1-3H3/t14-,22+,23+/m1/s1. The summed E-state index contributed by atoms with van der Waals surface area (Å²) in [5.41, 5.74) is 2.25. The number of fused-ring (bicyclic) bond motifs is 2. The van der Waals surface area contributed by atoms with Gasteiger partial charge in [0.05, 0.1) is 27.4 Å². The highest BCUT2D eigenvalue weighted by Gasteiger charge is 2.41. The minimum Gasteiger partial charge on any atom is -0.493 e. The average molecular weight is 413 g/mol. The molecule has 3 heterocycles. The van der Waals surface area contributed by atoms with Gasteiger partial charge in [0.25, 0.3) is 0 Å². The summed E-state index contributed by atoms with van der Waals surface area (Å²) in [6, 6.07) is 10.2. The van der Waals surface area contributed by atoms with Gasteiger partial charge in [0.2, 0.25) is 6.79 Å². The van der Waals surface area contributed by atoms with Gasteiger partial charge in [-0.1, -0.05) is 13.0 Å². The molecule has 3 aliphatic rings. The topological polar surface area (TPSA) is 58.6 Å². The van der Waals surface area contributed by atoms with E-state index in [0.717, 1.165) is 66.2 Å². The molecule has 0 spiro atoms. The monoisotopic (exact) mass is 413 g/mol. The van der Waals surface area contributed by atoms with E-state index < -0.39 is 0 Å². The van der Waals surface area contributed by atoms with Crippen LogP contribution in [0.5, 0.6) is 28.7 Å². The SMILES string of the molecule is COc1ccc([C@H]2c3cc4c(cc3O[C@H](N3CCOCC3)[C@@H]2C)OCO4)cc1OC. The van der Waals surface area contributed by atoms with E-state index in [2.05, 4.69) is 30.0 Å². The van der Waals surface area contributed by atoms with Crippen LogP contribution in [-0.4, -0.2) is 58.4 Å². The maximum absolute atomic E-state index is 6.54. The first-order chi connectivity index (χ1) is 14.7. The Hall–Kier alpha value is -2.64. The molecule has 3 atom stereocenters. The first-order valence-electron chi connectivity index (χ1n) is 10.3. The fraction of sp³-hybridized carbons (Fsp3) is 0.478. The highest BCUT2D eigenvalue weighted by atomic mass is 16.7. The fourth-order valence-electron chi connectivity index (χ4n) is 4.74. The zero-order valence-corrected chi connectivity index (χ0v) is 17.6. The number of hydrogen-bond donors (Lipinski definition) is 0. The number of methoxy groups -OCH3 is 2. The Kier molecular flexibility index (Phi) is 5.08. The van der Waals surface area contributed by atoms with Crippen molar-refractivity contribution in [3.63, 3.8) is 0 Å². The predicted octanol–water partition coefficient (Wildman–Crippen LogP) is 3.25. The van der Waals surface area contributed by atoms with E-state index in [1.165, 1.54) is 0 Å². The zero-order valence-electron chi connectivity index (χ0n) is 17.6. The van der Waals surface area contributed by atoms with E-state index >= 15 is 0 Å². The van der Waals surface area contributed by atoms with Gasteiger partial charge >= 0.3 is 0 Å². The third kappa shape index (κ3) is 3.22. The third-order valence-electron chi connectivity index (χ3n) is 6.24. The molecule has 7 heteroatoms. The molecule has 0 radical (unpaired) electrons. The number of morpholine rings is 1. The van der Waals surface area contributed by atoms with Crippen molar-refractivity contribution < 1.29 is 28.4 Å². The molecule has 0 aliphatic carbocycles. The Bertz CT molecular complexity index is 926. The van der Waals surface area contributed by atoms with Crippen LogP contribution in [0.15, 0.2) is 30.3 Å². The molecule has 7 nitrogen and oxygen atoms in total. The largest absolute Gasteiger partial charge is 0.493 e. The Morgan fingerprint density at radius 2 is 1.63 bits per heavy atom. The number of hydrogen-bond acceptors (Lipinski definition) is 7. The van der Waals surface area contributed by atoms with Gasteiger partial charge in [-0.25, -0.2) is 0 Å². The first-order valence-corrected chi connectivity index (χ1v) is 10.3. The van der Waals surface area contributed by atoms with Gasteiger partial charge in [-0.05, 0) is 23.8 Å². The molecule has 1 saturated heterocycles. The molecule has 0 saturated carbocycles. The smallest absolute Gasteiger partial charge is 0.231 e. The highest BCUT2D eigenvalue weighted by molar-refractivity contribution is 5.57. The summed E-state index contributed by atoms with van der Waals surface area (Å²) in [7, 11) is 3.32. The predicted molar refractivity (Wildman–Crippen MR) is 110 cm³/mol. The van der Waals surface area contributed by atoms with E-state index in [-0.39, 0.29) is 24.9 Å². The molecule has 30 heavy (non-hydrogen) atoms. The zero-order chi connectivity index (χ0) is 20.7. The van der Waals surface area contributed by atoms with Crippen LogP contribution in [0.3, 0.4) is 0 Å². The van der Waals surface area contributed by atoms with E-state index in [0.29, 0.717) is 0 Å². The number of rotatable bonds is 4. The third-order valence-corrected chi connectivity index (χ3v) is 6.24. The minimum absolute atomic E-state index is 0.0557. The summed E-state index contributed by atoms with van der Waals surface area (Å²) in [5.74, 6) is 4.09. The molecule has 3 aliphatic heterocycles. The summed E-state index contributed by atoms with van der Waals surface area (Å²) in [4.78, 5) is 2.37. The van der Waals surface area contributed by atoms with Crippen molar-refractivity contribution in [1.82, 2.24) is 4.90 Å². The second-order valence-corrected chi connectivity index (χ2v) is 7.85. The van der Waals surface area contributed by atoms with Crippen LogP contribution >= 0.6 is 0 Å². The second-order valence-electron chi connectivity index (χ2n) is 7.85. The van der Waals surface area contributed by atoms with E-state index in [4.69, 9.17) is 28.4 Å². The lowest BCUT2D eigenvalue weighted by atomic mass is 9.78. The van der Waals surface area contributed by atoms with Crippen LogP contribution < -0.4 is 23.7 Å². The van der Waals surface area contributed by atoms with Crippen LogP contribution in [0.2, 0.25) is 0 Å². The molecular weight excluding hydrogens is 386 g/mol. The van der Waals surface area contributed by atoms with Gasteiger partial charge in [0.1, 0.15) is 5.75 Å². The molecule has 2 aromatic rings. The van der Waals surface area contributed by atoms with Gasteiger partial charge in [0, 0.05) is 36.6 Å². The Balaban J connectivity index is 1.60. The van der Waals surface area contributed by atoms with Crippen LogP contribution in [0, 0.1) is 5.92 Å². The Morgan fingerprint density at radius 3 is 2.37 bits per heavy atom. The second kappa shape index (κ2) is 7.89. The molecule has 0 unspecified atom stereocenters. The van der Waals surface area contributed by atoms with E-state index in [1.807, 2.05) is 12.1 Å². The maximum atomic E-state index is 6.54. The van der Waals surface area contributed by atoms with Crippen molar-refractivity contribution in [2.24, 2.45) is 5.92 Å². The minimum atomic E-state index is -0.0557. The van der Waals surface area contributed by atoms with Gasteiger partial charge in [0.15, 0.2) is 29.2 Å². The summed E-state index contributed by atoms with van der Waals surface area (Å²) in [6.45, 7) is 5.64. The molecule has 0 aromatic heterocycles. The van der Waals surface area contributed by atoms with Crippen LogP contribution in [0.25, 0.3) is 0 Å². The molecule has 5 rings (SSSR count). The maximum Gasteiger partial charge on any atom is 0.231 e. The first kappa shape index (κ1) is 19.3. The van der Waals surface area contributed by atoms with Crippen molar-refractivity contribution >= 4 is 0 Å². The molecule has 0 bridgehead atoms. The molecule has 160 valence electrons. The molecule has 2 aromatic carbocycles. The van der Waals surface area contributed by atoms with Crippen molar-refractivity contribution in [2.45, 2.75) is 19.1 Å². The van der Waals surface area contributed by atoms with Crippen LogP contribution in [0.1, 0.15) is 24.0 Å². The van der Waals surface area contributed by atoms with Crippen molar-refractivity contribution in [3.05, 3.63) is 41.5 Å². The summed E-state index contributed by atoms with van der Waals surface area (Å²) in [5, 5.41) is 0. The highest BCUT2D eigenvalue weighted by Crippen LogP contribution is 2.50. The van der Waals surface area contributed by atoms with Crippen molar-refractivity contribution in [1.29, 1.82) is 0 Å². The molecule has 0 N–H and O–H groups in total. The summed E-state index contributed by atoms with van der Waals surface area (Å²) >= 11 is 0. The number of nitrogens with zero attached hydrogens (tertiary/aromatic N) is 1. The number of benzene rings is 2. The fourth-order valence-corrected chi connectivity index (χ4v) is 4.74. The van der Waals surface area contributed by atoms with Crippen molar-refractivity contribution in [3.8, 4) is 28.7 Å². The van der Waals surface area contributed by atoms with Gasteiger partial charge in [-0.2, -0.15) is 0 Å². The lowest BCUT2D eigenvalue weighted by Gasteiger charge is -2.44. The van der Waals surface area contributed by atoms with Crippen LogP contribution in [0.4, 0.5) is 0 Å². The molecular formula is C23H27NO6. The Labute approximate surface area is 176 Å². The average Bonchev–Trinajstić information content (AvgIpc) is 3.25.